The summed E-state index contributed by atoms with van der Waals surface area (Å²) in [4.78, 5) is 2.35. The zero-order valence-corrected chi connectivity index (χ0v) is 5.90. The fraction of sp³-hybridized carbons (Fsp3) is 0.333. The Bertz CT molecular complexity index is 179. The Kier molecular flexibility index (Phi) is 1.35. The van der Waals surface area contributed by atoms with Gasteiger partial charge in [-0.2, -0.15) is 0 Å². The zero-order valence-electron chi connectivity index (χ0n) is 5.90. The maximum absolute atomic E-state index is 2.35. The molecular formula is C9H11N. The molecule has 52 valence electrons. The second-order valence-corrected chi connectivity index (χ2v) is 2.70. The number of hydrogen-bond acceptors (Lipinski definition) is 1. The van der Waals surface area contributed by atoms with Crippen LogP contribution in [0.4, 0.5) is 0 Å². The smallest absolute Gasteiger partial charge is 0.0508 e. The highest BCUT2D eigenvalue weighted by Gasteiger charge is 2.13. The van der Waals surface area contributed by atoms with E-state index in [9.17, 15) is 0 Å². The van der Waals surface area contributed by atoms with Crippen LogP contribution in [-0.2, 0) is 0 Å². The molecule has 2 aliphatic heterocycles. The van der Waals surface area contributed by atoms with Gasteiger partial charge in [0, 0.05) is 6.54 Å². The molecule has 0 aromatic heterocycles. The van der Waals surface area contributed by atoms with E-state index in [1.165, 1.54) is 6.42 Å². The topological polar surface area (TPSA) is 3.24 Å². The molecule has 10 heavy (non-hydrogen) atoms. The van der Waals surface area contributed by atoms with Crippen LogP contribution in [0.3, 0.4) is 0 Å². The molecule has 0 N–H and O–H groups in total. The average molecular weight is 133 g/mol. The largest absolute Gasteiger partial charge is 0.367 e. The third-order valence-electron chi connectivity index (χ3n) is 2.01. The monoisotopic (exact) mass is 133 g/mol. The third kappa shape index (κ3) is 0.878. The molecule has 1 nitrogen and oxygen atoms in total. The van der Waals surface area contributed by atoms with Crippen molar-refractivity contribution >= 4 is 0 Å². The predicted molar refractivity (Wildman–Crippen MR) is 42.5 cm³/mol. The lowest BCUT2D eigenvalue weighted by Gasteiger charge is -2.31. The fourth-order valence-corrected chi connectivity index (χ4v) is 1.42. The van der Waals surface area contributed by atoms with E-state index in [4.69, 9.17) is 0 Å². The second-order valence-electron chi connectivity index (χ2n) is 2.70. The van der Waals surface area contributed by atoms with Gasteiger partial charge < -0.3 is 4.90 Å². The highest BCUT2D eigenvalue weighted by atomic mass is 15.1. The van der Waals surface area contributed by atoms with Crippen LogP contribution in [0.25, 0.3) is 0 Å². The van der Waals surface area contributed by atoms with Crippen LogP contribution in [0.2, 0.25) is 0 Å². The molecule has 2 rings (SSSR count). The standard InChI is InChI=1S/C9H11N/c1-3-7-10-8-4-2-6-9(10)5-1/h1-5,7,9H,6,8H2. The first-order valence-electron chi connectivity index (χ1n) is 3.72. The van der Waals surface area contributed by atoms with E-state index in [-0.39, 0.29) is 0 Å². The molecule has 0 spiro atoms. The molecule has 0 amide bonds. The predicted octanol–water partition coefficient (Wildman–Crippen LogP) is 1.70. The Balaban J connectivity index is 2.19. The highest BCUT2D eigenvalue weighted by Crippen LogP contribution is 2.15. The molecule has 0 radical (unpaired) electrons. The van der Waals surface area contributed by atoms with E-state index >= 15 is 0 Å². The summed E-state index contributed by atoms with van der Waals surface area (Å²) in [6.45, 7) is 1.07. The summed E-state index contributed by atoms with van der Waals surface area (Å²) in [5.41, 5.74) is 0. The van der Waals surface area contributed by atoms with E-state index in [2.05, 4.69) is 41.5 Å². The molecule has 0 aromatic carbocycles. The first kappa shape index (κ1) is 5.78. The lowest BCUT2D eigenvalue weighted by molar-refractivity contribution is 0.335. The minimum Gasteiger partial charge on any atom is -0.367 e. The van der Waals surface area contributed by atoms with Gasteiger partial charge in [0.1, 0.15) is 0 Å². The van der Waals surface area contributed by atoms with Crippen LogP contribution in [0.1, 0.15) is 6.42 Å². The van der Waals surface area contributed by atoms with E-state index in [0.29, 0.717) is 6.04 Å². The lowest BCUT2D eigenvalue weighted by Crippen LogP contribution is -2.32. The van der Waals surface area contributed by atoms with Crippen molar-refractivity contribution in [2.45, 2.75) is 12.5 Å². The van der Waals surface area contributed by atoms with E-state index in [0.717, 1.165) is 6.54 Å². The van der Waals surface area contributed by atoms with Crippen molar-refractivity contribution in [3.8, 4) is 0 Å². The van der Waals surface area contributed by atoms with E-state index < -0.39 is 0 Å². The van der Waals surface area contributed by atoms with Gasteiger partial charge in [-0.05, 0) is 18.7 Å². The molecule has 0 saturated carbocycles. The highest BCUT2D eigenvalue weighted by molar-refractivity contribution is 5.17. The lowest BCUT2D eigenvalue weighted by atomic mass is 10.1. The molecule has 1 unspecified atom stereocenters. The molecule has 0 aromatic rings. The van der Waals surface area contributed by atoms with Crippen molar-refractivity contribution in [2.24, 2.45) is 0 Å². The van der Waals surface area contributed by atoms with Gasteiger partial charge in [-0.15, -0.1) is 0 Å². The van der Waals surface area contributed by atoms with Crippen LogP contribution in [0.15, 0.2) is 36.6 Å². The van der Waals surface area contributed by atoms with Gasteiger partial charge in [-0.25, -0.2) is 0 Å². The summed E-state index contributed by atoms with van der Waals surface area (Å²) in [6, 6.07) is 0.634. The first-order chi connectivity index (χ1) is 4.97. The van der Waals surface area contributed by atoms with Gasteiger partial charge in [-0.3, -0.25) is 0 Å². The second kappa shape index (κ2) is 2.33. The van der Waals surface area contributed by atoms with Gasteiger partial charge in [0.2, 0.25) is 0 Å². The van der Waals surface area contributed by atoms with Crippen LogP contribution in [-0.4, -0.2) is 17.5 Å². The number of allylic oxidation sites excluding steroid dienone is 2. The van der Waals surface area contributed by atoms with Gasteiger partial charge in [0.25, 0.3) is 0 Å². The van der Waals surface area contributed by atoms with Crippen molar-refractivity contribution in [1.29, 1.82) is 0 Å². The Morgan fingerprint density at radius 3 is 3.10 bits per heavy atom. The molecule has 0 aliphatic carbocycles. The Morgan fingerprint density at radius 1 is 1.20 bits per heavy atom. The van der Waals surface area contributed by atoms with E-state index in [1.54, 1.807) is 0 Å². The summed E-state index contributed by atoms with van der Waals surface area (Å²) < 4.78 is 0. The van der Waals surface area contributed by atoms with Gasteiger partial charge in [0.15, 0.2) is 0 Å². The minimum absolute atomic E-state index is 0.634. The van der Waals surface area contributed by atoms with Crippen molar-refractivity contribution < 1.29 is 0 Å². The van der Waals surface area contributed by atoms with Crippen molar-refractivity contribution in [2.75, 3.05) is 6.54 Å². The number of nitrogens with zero attached hydrogens (tertiary/aromatic N) is 1. The van der Waals surface area contributed by atoms with Gasteiger partial charge in [-0.1, -0.05) is 24.3 Å². The average Bonchev–Trinajstić information content (AvgIpc) is 2.05. The first-order valence-corrected chi connectivity index (χ1v) is 3.72. The molecule has 2 heterocycles. The molecule has 1 atom stereocenters. The van der Waals surface area contributed by atoms with Crippen LogP contribution >= 0.6 is 0 Å². The quantitative estimate of drug-likeness (QED) is 0.455. The van der Waals surface area contributed by atoms with E-state index in [1.807, 2.05) is 0 Å². The molecule has 0 fully saturated rings. The maximum atomic E-state index is 2.35. The van der Waals surface area contributed by atoms with Crippen LogP contribution in [0.5, 0.6) is 0 Å². The van der Waals surface area contributed by atoms with Crippen molar-refractivity contribution in [1.82, 2.24) is 4.90 Å². The van der Waals surface area contributed by atoms with Crippen LogP contribution in [0, 0.1) is 0 Å². The third-order valence-corrected chi connectivity index (χ3v) is 2.01. The molecule has 1 heteroatoms. The SMILES string of the molecule is C1=CC2CC=CCN2C=C1. The summed E-state index contributed by atoms with van der Waals surface area (Å²) >= 11 is 0. The maximum Gasteiger partial charge on any atom is 0.0508 e. The van der Waals surface area contributed by atoms with Gasteiger partial charge >= 0.3 is 0 Å². The Hall–Kier alpha value is -0.980. The normalized spacial score (nSPS) is 28.8. The van der Waals surface area contributed by atoms with Crippen molar-refractivity contribution in [3.05, 3.63) is 36.6 Å². The summed E-state index contributed by atoms with van der Waals surface area (Å²) in [5, 5.41) is 0. The number of fused-ring (bicyclic) bond motifs is 1. The fourth-order valence-electron chi connectivity index (χ4n) is 1.42. The molecule has 0 bridgehead atoms. The molecular weight excluding hydrogens is 122 g/mol. The summed E-state index contributed by atoms with van der Waals surface area (Å²) in [6.07, 6.45) is 14.3. The zero-order chi connectivity index (χ0) is 6.81. The van der Waals surface area contributed by atoms with Gasteiger partial charge in [0.05, 0.1) is 6.04 Å². The number of hydrogen-bond donors (Lipinski definition) is 0. The Morgan fingerprint density at radius 2 is 2.20 bits per heavy atom. The van der Waals surface area contributed by atoms with Crippen LogP contribution < -0.4 is 0 Å². The minimum atomic E-state index is 0.634. The summed E-state index contributed by atoms with van der Waals surface area (Å²) in [7, 11) is 0. The molecule has 0 saturated heterocycles. The Labute approximate surface area is 61.3 Å². The van der Waals surface area contributed by atoms with Crippen molar-refractivity contribution in [3.63, 3.8) is 0 Å². The summed E-state index contributed by atoms with van der Waals surface area (Å²) in [5.74, 6) is 0. The number of rotatable bonds is 0. The molecule has 2 aliphatic rings.